The highest BCUT2D eigenvalue weighted by Gasteiger charge is 2.23. The quantitative estimate of drug-likeness (QED) is 0.0554. The van der Waals surface area contributed by atoms with Crippen LogP contribution in [0.2, 0.25) is 0 Å². The molecule has 0 amide bonds. The van der Waals surface area contributed by atoms with Crippen molar-refractivity contribution in [1.29, 1.82) is 0 Å². The van der Waals surface area contributed by atoms with E-state index in [0.717, 1.165) is 25.7 Å². The molecule has 10 nitrogen and oxygen atoms in total. The van der Waals surface area contributed by atoms with Gasteiger partial charge in [0.05, 0.1) is 18.8 Å². The zero-order valence-corrected chi connectivity index (χ0v) is 27.8. The van der Waals surface area contributed by atoms with Gasteiger partial charge in [0, 0.05) is 45.9 Å². The Morgan fingerprint density at radius 2 is 1.13 bits per heavy atom. The standard InChI is InChI=1S/C37H46O10/c1-7-9-17-42-20-27(46-36(40)24(3)4)22-44-33-29-13-11-12-14-30(29)34(32-19-26(35(38)39)15-16-31(32)33)45-23-28(21-43-18-10-8-2)47-37(41)25(5)6/h11-16,19,27-28H,3,5,7-10,17-18,20-23H2,1-2,4,6H3,(H,38,39). The molecule has 0 radical (unpaired) electrons. The molecule has 0 heterocycles. The number of hydrogen-bond donors (Lipinski definition) is 1. The summed E-state index contributed by atoms with van der Waals surface area (Å²) in [4.78, 5) is 36.8. The first-order chi connectivity index (χ1) is 22.6. The minimum atomic E-state index is -1.11. The largest absolute Gasteiger partial charge is 0.488 e. The van der Waals surface area contributed by atoms with E-state index in [1.165, 1.54) is 12.1 Å². The number of carboxylic acid groups (broad SMARTS) is 1. The smallest absolute Gasteiger partial charge is 0.335 e. The molecule has 0 saturated heterocycles. The van der Waals surface area contributed by atoms with Crippen molar-refractivity contribution >= 4 is 39.5 Å². The zero-order valence-electron chi connectivity index (χ0n) is 27.8. The summed E-state index contributed by atoms with van der Waals surface area (Å²) in [7, 11) is 0. The summed E-state index contributed by atoms with van der Waals surface area (Å²) < 4.78 is 35.5. The second-order valence-electron chi connectivity index (χ2n) is 11.4. The number of rotatable bonds is 21. The minimum Gasteiger partial charge on any atom is -0.488 e. The highest BCUT2D eigenvalue weighted by atomic mass is 16.6. The number of unbranched alkanes of at least 4 members (excludes halogenated alkanes) is 2. The highest BCUT2D eigenvalue weighted by molar-refractivity contribution is 6.12. The fourth-order valence-electron chi connectivity index (χ4n) is 4.55. The predicted octanol–water partition coefficient (Wildman–Crippen LogP) is 7.06. The number of hydrogen-bond acceptors (Lipinski definition) is 9. The van der Waals surface area contributed by atoms with Crippen LogP contribution in [0.4, 0.5) is 0 Å². The van der Waals surface area contributed by atoms with Crippen LogP contribution >= 0.6 is 0 Å². The van der Waals surface area contributed by atoms with Gasteiger partial charge in [0.2, 0.25) is 0 Å². The Kier molecular flexibility index (Phi) is 14.7. The Bertz CT molecular complexity index is 1560. The summed E-state index contributed by atoms with van der Waals surface area (Å²) in [5, 5.41) is 12.2. The lowest BCUT2D eigenvalue weighted by Gasteiger charge is -2.23. The van der Waals surface area contributed by atoms with E-state index >= 15 is 0 Å². The third-order valence-electron chi connectivity index (χ3n) is 7.14. The summed E-state index contributed by atoms with van der Waals surface area (Å²) >= 11 is 0. The Morgan fingerprint density at radius 1 is 0.681 bits per heavy atom. The average Bonchev–Trinajstić information content (AvgIpc) is 3.05. The first-order valence-electron chi connectivity index (χ1n) is 15.9. The summed E-state index contributed by atoms with van der Waals surface area (Å²) in [5.74, 6) is -1.38. The van der Waals surface area contributed by atoms with Gasteiger partial charge in [-0.15, -0.1) is 0 Å². The monoisotopic (exact) mass is 650 g/mol. The molecule has 0 bridgehead atoms. The molecule has 254 valence electrons. The Labute approximate surface area is 276 Å². The number of fused-ring (bicyclic) bond motifs is 2. The van der Waals surface area contributed by atoms with Crippen LogP contribution in [0.25, 0.3) is 21.5 Å². The Hall–Kier alpha value is -4.41. The molecule has 0 spiro atoms. The van der Waals surface area contributed by atoms with Crippen LogP contribution in [0.15, 0.2) is 66.8 Å². The lowest BCUT2D eigenvalue weighted by atomic mass is 9.98. The molecule has 2 atom stereocenters. The maximum atomic E-state index is 12.4. The van der Waals surface area contributed by atoms with E-state index in [2.05, 4.69) is 27.0 Å². The van der Waals surface area contributed by atoms with Crippen LogP contribution in [0.5, 0.6) is 11.5 Å². The van der Waals surface area contributed by atoms with Crippen LogP contribution in [-0.2, 0) is 28.5 Å². The van der Waals surface area contributed by atoms with Gasteiger partial charge in [-0.25, -0.2) is 14.4 Å². The molecule has 0 aliphatic rings. The van der Waals surface area contributed by atoms with E-state index < -0.39 is 30.1 Å². The summed E-state index contributed by atoms with van der Waals surface area (Å²) in [6.07, 6.45) is 2.15. The Morgan fingerprint density at radius 3 is 1.55 bits per heavy atom. The number of carbonyl (C=O) groups excluding carboxylic acids is 2. The molecule has 0 saturated carbocycles. The molecule has 0 aromatic heterocycles. The van der Waals surface area contributed by atoms with Crippen molar-refractivity contribution in [3.8, 4) is 11.5 Å². The van der Waals surface area contributed by atoms with Gasteiger partial charge in [0.15, 0.2) is 12.2 Å². The fourth-order valence-corrected chi connectivity index (χ4v) is 4.55. The first-order valence-corrected chi connectivity index (χ1v) is 15.9. The molecule has 3 aromatic carbocycles. The van der Waals surface area contributed by atoms with Gasteiger partial charge in [-0.3, -0.25) is 0 Å². The Balaban J connectivity index is 2.03. The van der Waals surface area contributed by atoms with Crippen molar-refractivity contribution in [2.24, 2.45) is 0 Å². The van der Waals surface area contributed by atoms with E-state index in [0.29, 0.717) is 46.3 Å². The summed E-state index contributed by atoms with van der Waals surface area (Å²) in [5.41, 5.74) is 0.551. The number of ether oxygens (including phenoxy) is 6. The summed E-state index contributed by atoms with van der Waals surface area (Å²) in [6.45, 7) is 15.7. The average molecular weight is 651 g/mol. The minimum absolute atomic E-state index is 0.0286. The maximum absolute atomic E-state index is 12.4. The number of benzene rings is 3. The van der Waals surface area contributed by atoms with Gasteiger partial charge < -0.3 is 33.5 Å². The third kappa shape index (κ3) is 10.8. The second kappa shape index (κ2) is 18.7. The molecule has 0 aliphatic heterocycles. The lowest BCUT2D eigenvalue weighted by molar-refractivity contribution is -0.150. The van der Waals surface area contributed by atoms with Crippen LogP contribution < -0.4 is 9.47 Å². The van der Waals surface area contributed by atoms with Gasteiger partial charge in [-0.2, -0.15) is 0 Å². The molecule has 0 aliphatic carbocycles. The van der Waals surface area contributed by atoms with Gasteiger partial charge in [-0.05, 0) is 44.9 Å². The van der Waals surface area contributed by atoms with Crippen LogP contribution in [-0.4, -0.2) is 74.9 Å². The van der Waals surface area contributed by atoms with E-state index in [4.69, 9.17) is 28.4 Å². The SMILES string of the molecule is C=C(C)C(=O)OC(COCCCC)COc1c2ccccc2c(OCC(COCCCC)OC(=O)C(=C)C)c2cc(C(=O)O)ccc12. The van der Waals surface area contributed by atoms with Gasteiger partial charge in [-0.1, -0.05) is 64.1 Å². The number of aromatic carboxylic acids is 1. The molecule has 0 fully saturated rings. The number of carboxylic acids is 1. The van der Waals surface area contributed by atoms with Crippen LogP contribution in [0.3, 0.4) is 0 Å². The first kappa shape index (κ1) is 37.1. The van der Waals surface area contributed by atoms with Crippen molar-refractivity contribution in [3.63, 3.8) is 0 Å². The van der Waals surface area contributed by atoms with Gasteiger partial charge in [0.1, 0.15) is 24.7 Å². The van der Waals surface area contributed by atoms with Gasteiger partial charge in [0.25, 0.3) is 0 Å². The molecule has 47 heavy (non-hydrogen) atoms. The van der Waals surface area contributed by atoms with Crippen molar-refractivity contribution in [2.75, 3.05) is 39.6 Å². The molecule has 2 unspecified atom stereocenters. The van der Waals surface area contributed by atoms with Crippen molar-refractivity contribution in [3.05, 3.63) is 72.3 Å². The molecule has 3 rings (SSSR count). The van der Waals surface area contributed by atoms with E-state index in [-0.39, 0.29) is 43.1 Å². The van der Waals surface area contributed by atoms with Crippen LogP contribution in [0, 0.1) is 0 Å². The van der Waals surface area contributed by atoms with E-state index in [9.17, 15) is 19.5 Å². The second-order valence-corrected chi connectivity index (χ2v) is 11.4. The normalized spacial score (nSPS) is 12.3. The number of carbonyl (C=O) groups is 3. The fraction of sp³-hybridized carbons (Fsp3) is 0.432. The molecule has 1 N–H and O–H groups in total. The van der Waals surface area contributed by atoms with E-state index in [1.54, 1.807) is 19.9 Å². The third-order valence-corrected chi connectivity index (χ3v) is 7.14. The van der Waals surface area contributed by atoms with Crippen molar-refractivity contribution in [1.82, 2.24) is 0 Å². The summed E-state index contributed by atoms with van der Waals surface area (Å²) in [6, 6.07) is 12.0. The molecule has 3 aromatic rings. The highest BCUT2D eigenvalue weighted by Crippen LogP contribution is 2.43. The predicted molar refractivity (Wildman–Crippen MR) is 180 cm³/mol. The topological polar surface area (TPSA) is 127 Å². The number of esters is 2. The molecular formula is C37H46O10. The van der Waals surface area contributed by atoms with Gasteiger partial charge >= 0.3 is 17.9 Å². The molecule has 10 heteroatoms. The van der Waals surface area contributed by atoms with Crippen molar-refractivity contribution < 1.29 is 47.9 Å². The zero-order chi connectivity index (χ0) is 34.3. The van der Waals surface area contributed by atoms with E-state index in [1.807, 2.05) is 24.3 Å². The van der Waals surface area contributed by atoms with Crippen molar-refractivity contribution in [2.45, 2.75) is 65.6 Å². The maximum Gasteiger partial charge on any atom is 0.335 e. The lowest BCUT2D eigenvalue weighted by Crippen LogP contribution is -2.30. The molecular weight excluding hydrogens is 604 g/mol. The van der Waals surface area contributed by atoms with Crippen LogP contribution in [0.1, 0.15) is 63.7 Å².